The predicted octanol–water partition coefficient (Wildman–Crippen LogP) is 2.25. The summed E-state index contributed by atoms with van der Waals surface area (Å²) in [5, 5.41) is 3.84. The molecule has 2 heteroatoms. The fourth-order valence-electron chi connectivity index (χ4n) is 3.01. The maximum atomic E-state index is 3.84. The summed E-state index contributed by atoms with van der Waals surface area (Å²) in [6.07, 6.45) is 6.95. The highest BCUT2D eigenvalue weighted by Gasteiger charge is 2.27. The first-order chi connectivity index (χ1) is 7.28. The van der Waals surface area contributed by atoms with Crippen molar-refractivity contribution >= 4 is 0 Å². The van der Waals surface area contributed by atoms with E-state index in [1.165, 1.54) is 51.7 Å². The van der Waals surface area contributed by atoms with Crippen molar-refractivity contribution in [2.45, 2.75) is 58.0 Å². The summed E-state index contributed by atoms with van der Waals surface area (Å²) in [4.78, 5) is 2.59. The molecule has 0 bridgehead atoms. The van der Waals surface area contributed by atoms with Crippen LogP contribution in [0.5, 0.6) is 0 Å². The summed E-state index contributed by atoms with van der Waals surface area (Å²) in [6, 6.07) is 1.65. The van der Waals surface area contributed by atoms with E-state index >= 15 is 0 Å². The Kier molecular flexibility index (Phi) is 4.04. The van der Waals surface area contributed by atoms with Gasteiger partial charge in [0.05, 0.1) is 0 Å². The van der Waals surface area contributed by atoms with Crippen LogP contribution >= 0.6 is 0 Å². The third-order valence-corrected chi connectivity index (χ3v) is 4.11. The molecule has 1 unspecified atom stereocenters. The lowest BCUT2D eigenvalue weighted by Gasteiger charge is -2.36. The molecule has 0 radical (unpaired) electrons. The fourth-order valence-corrected chi connectivity index (χ4v) is 3.01. The summed E-state index contributed by atoms with van der Waals surface area (Å²) >= 11 is 0. The van der Waals surface area contributed by atoms with E-state index in [9.17, 15) is 0 Å². The number of rotatable bonds is 3. The van der Waals surface area contributed by atoms with Gasteiger partial charge >= 0.3 is 0 Å². The zero-order valence-corrected chi connectivity index (χ0v) is 10.3. The second-order valence-corrected chi connectivity index (χ2v) is 5.50. The molecule has 1 aliphatic carbocycles. The van der Waals surface area contributed by atoms with Gasteiger partial charge in [-0.15, -0.1) is 0 Å². The van der Waals surface area contributed by atoms with E-state index in [4.69, 9.17) is 0 Å². The van der Waals surface area contributed by atoms with Gasteiger partial charge in [-0.3, -0.25) is 0 Å². The lowest BCUT2D eigenvalue weighted by Crippen LogP contribution is -2.45. The SMILES string of the molecule is CCN1CCCC(NC2CC(C)C2)CC1. The molecule has 2 nitrogen and oxygen atoms in total. The fraction of sp³-hybridized carbons (Fsp3) is 1.00. The minimum Gasteiger partial charge on any atom is -0.311 e. The standard InChI is InChI=1S/C13H26N2/c1-3-15-7-4-5-12(6-8-15)14-13-9-11(2)10-13/h11-14H,3-10H2,1-2H3. The average Bonchev–Trinajstić information content (AvgIpc) is 2.41. The van der Waals surface area contributed by atoms with Gasteiger partial charge in [0, 0.05) is 12.1 Å². The first-order valence-corrected chi connectivity index (χ1v) is 6.76. The number of hydrogen-bond donors (Lipinski definition) is 1. The van der Waals surface area contributed by atoms with Gasteiger partial charge in [-0.05, 0) is 57.7 Å². The lowest BCUT2D eigenvalue weighted by atomic mass is 9.81. The average molecular weight is 210 g/mol. The quantitative estimate of drug-likeness (QED) is 0.768. The molecular weight excluding hydrogens is 184 g/mol. The molecule has 1 aliphatic heterocycles. The Hall–Kier alpha value is -0.0800. The van der Waals surface area contributed by atoms with E-state index in [2.05, 4.69) is 24.1 Å². The minimum atomic E-state index is 0.805. The van der Waals surface area contributed by atoms with Gasteiger partial charge in [0.2, 0.25) is 0 Å². The van der Waals surface area contributed by atoms with Gasteiger partial charge in [-0.2, -0.15) is 0 Å². The van der Waals surface area contributed by atoms with Gasteiger partial charge in [0.15, 0.2) is 0 Å². The van der Waals surface area contributed by atoms with Crippen molar-refractivity contribution in [1.29, 1.82) is 0 Å². The zero-order chi connectivity index (χ0) is 10.7. The Morgan fingerprint density at radius 3 is 2.60 bits per heavy atom. The molecule has 0 aromatic rings. The summed E-state index contributed by atoms with van der Waals surface area (Å²) in [5.41, 5.74) is 0. The highest BCUT2D eigenvalue weighted by Crippen LogP contribution is 2.27. The smallest absolute Gasteiger partial charge is 0.00823 e. The Morgan fingerprint density at radius 2 is 1.93 bits per heavy atom. The predicted molar refractivity (Wildman–Crippen MR) is 65.1 cm³/mol. The molecule has 1 atom stereocenters. The first-order valence-electron chi connectivity index (χ1n) is 6.76. The van der Waals surface area contributed by atoms with E-state index in [-0.39, 0.29) is 0 Å². The highest BCUT2D eigenvalue weighted by atomic mass is 15.1. The van der Waals surface area contributed by atoms with Gasteiger partial charge in [-0.1, -0.05) is 13.8 Å². The van der Waals surface area contributed by atoms with E-state index in [1.807, 2.05) is 0 Å². The minimum absolute atomic E-state index is 0.805. The summed E-state index contributed by atoms with van der Waals surface area (Å²) in [5.74, 6) is 0.973. The van der Waals surface area contributed by atoms with Crippen molar-refractivity contribution < 1.29 is 0 Å². The molecule has 2 rings (SSSR count). The van der Waals surface area contributed by atoms with Crippen LogP contribution in [0.4, 0.5) is 0 Å². The molecule has 88 valence electrons. The monoisotopic (exact) mass is 210 g/mol. The summed E-state index contributed by atoms with van der Waals surface area (Å²) < 4.78 is 0. The maximum Gasteiger partial charge on any atom is 0.00823 e. The van der Waals surface area contributed by atoms with Crippen molar-refractivity contribution in [3.63, 3.8) is 0 Å². The number of likely N-dealkylation sites (tertiary alicyclic amines) is 1. The second-order valence-electron chi connectivity index (χ2n) is 5.50. The molecule has 2 fully saturated rings. The van der Waals surface area contributed by atoms with Crippen molar-refractivity contribution in [3.8, 4) is 0 Å². The van der Waals surface area contributed by atoms with Gasteiger partial charge < -0.3 is 10.2 Å². The zero-order valence-electron chi connectivity index (χ0n) is 10.3. The normalized spacial score (nSPS) is 38.4. The molecule has 0 aromatic heterocycles. The Balaban J connectivity index is 1.69. The second kappa shape index (κ2) is 5.31. The molecule has 2 aliphatic rings. The largest absolute Gasteiger partial charge is 0.311 e. The van der Waals surface area contributed by atoms with Crippen LogP contribution in [-0.2, 0) is 0 Å². The topological polar surface area (TPSA) is 15.3 Å². The molecule has 0 aromatic carbocycles. The van der Waals surface area contributed by atoms with Crippen LogP contribution < -0.4 is 5.32 Å². The lowest BCUT2D eigenvalue weighted by molar-refractivity contribution is 0.214. The van der Waals surface area contributed by atoms with Crippen molar-refractivity contribution in [3.05, 3.63) is 0 Å². The maximum absolute atomic E-state index is 3.84. The van der Waals surface area contributed by atoms with E-state index in [0.29, 0.717) is 0 Å². The number of nitrogens with zero attached hydrogens (tertiary/aromatic N) is 1. The van der Waals surface area contributed by atoms with Gasteiger partial charge in [0.25, 0.3) is 0 Å². The molecule has 0 amide bonds. The van der Waals surface area contributed by atoms with Crippen molar-refractivity contribution in [1.82, 2.24) is 10.2 Å². The van der Waals surface area contributed by atoms with Gasteiger partial charge in [0.1, 0.15) is 0 Å². The molecule has 1 N–H and O–H groups in total. The first kappa shape index (κ1) is 11.4. The molecule has 1 saturated carbocycles. The molecule has 15 heavy (non-hydrogen) atoms. The number of nitrogens with one attached hydrogen (secondary N) is 1. The Morgan fingerprint density at radius 1 is 1.13 bits per heavy atom. The van der Waals surface area contributed by atoms with Crippen LogP contribution in [0, 0.1) is 5.92 Å². The highest BCUT2D eigenvalue weighted by molar-refractivity contribution is 4.86. The third-order valence-electron chi connectivity index (χ3n) is 4.11. The molecule has 1 heterocycles. The summed E-state index contributed by atoms with van der Waals surface area (Å²) in [7, 11) is 0. The van der Waals surface area contributed by atoms with Gasteiger partial charge in [-0.25, -0.2) is 0 Å². The van der Waals surface area contributed by atoms with Crippen LogP contribution in [0.2, 0.25) is 0 Å². The van der Waals surface area contributed by atoms with E-state index < -0.39 is 0 Å². The Labute approximate surface area is 94.4 Å². The molecular formula is C13H26N2. The van der Waals surface area contributed by atoms with Crippen LogP contribution in [0.25, 0.3) is 0 Å². The van der Waals surface area contributed by atoms with Crippen molar-refractivity contribution in [2.24, 2.45) is 5.92 Å². The van der Waals surface area contributed by atoms with Crippen LogP contribution in [0.1, 0.15) is 46.0 Å². The van der Waals surface area contributed by atoms with Crippen LogP contribution in [-0.4, -0.2) is 36.6 Å². The Bertz CT molecular complexity index is 187. The van der Waals surface area contributed by atoms with Crippen LogP contribution in [0.15, 0.2) is 0 Å². The molecule has 1 saturated heterocycles. The summed E-state index contributed by atoms with van der Waals surface area (Å²) in [6.45, 7) is 8.49. The van der Waals surface area contributed by atoms with Crippen molar-refractivity contribution in [2.75, 3.05) is 19.6 Å². The van der Waals surface area contributed by atoms with E-state index in [0.717, 1.165) is 18.0 Å². The molecule has 0 spiro atoms. The number of hydrogen-bond acceptors (Lipinski definition) is 2. The van der Waals surface area contributed by atoms with Crippen LogP contribution in [0.3, 0.4) is 0 Å². The van der Waals surface area contributed by atoms with E-state index in [1.54, 1.807) is 0 Å². The third kappa shape index (κ3) is 3.18.